The number of rotatable bonds is 10. The van der Waals surface area contributed by atoms with Crippen LogP contribution in [0.25, 0.3) is 0 Å². The van der Waals surface area contributed by atoms with Gasteiger partial charge in [-0.1, -0.05) is 35.9 Å². The summed E-state index contributed by atoms with van der Waals surface area (Å²) in [6, 6.07) is 7.14. The molecule has 2 heterocycles. The Bertz CT molecular complexity index is 1480. The van der Waals surface area contributed by atoms with Crippen molar-refractivity contribution in [2.45, 2.75) is 63.0 Å². The molecule has 0 spiro atoms. The number of carbonyl (C=O) groups is 5. The maximum absolute atomic E-state index is 13.8. The van der Waals surface area contributed by atoms with Crippen LogP contribution in [0.2, 0.25) is 5.02 Å². The highest BCUT2D eigenvalue weighted by molar-refractivity contribution is 6.38. The normalized spacial score (nSPS) is 20.3. The lowest BCUT2D eigenvalue weighted by Gasteiger charge is -2.36. The SMILES string of the molecule is O=C(NC1CC1)C(=O)[C@H](C[C@@H]1CCNC1=O)NC(=O)[C@@H]1Cc2ccccc2CN1C(=O)COc1ccc(C(F)(F)F)cc1Cl. The molecule has 14 heteroatoms. The van der Waals surface area contributed by atoms with Crippen LogP contribution in [-0.2, 0) is 43.1 Å². The topological polar surface area (TPSA) is 134 Å². The quantitative estimate of drug-likeness (QED) is 0.344. The molecule has 1 saturated carbocycles. The first-order chi connectivity index (χ1) is 20.9. The minimum absolute atomic E-state index is 0.0169. The van der Waals surface area contributed by atoms with E-state index in [0.29, 0.717) is 19.0 Å². The predicted molar refractivity (Wildman–Crippen MR) is 150 cm³/mol. The van der Waals surface area contributed by atoms with Crippen LogP contribution in [0.4, 0.5) is 13.2 Å². The first-order valence-electron chi connectivity index (χ1n) is 14.2. The van der Waals surface area contributed by atoms with Crippen LogP contribution in [0.5, 0.6) is 5.75 Å². The van der Waals surface area contributed by atoms with Crippen molar-refractivity contribution in [2.24, 2.45) is 5.92 Å². The highest BCUT2D eigenvalue weighted by Gasteiger charge is 2.40. The summed E-state index contributed by atoms with van der Waals surface area (Å²) in [6.45, 7) is -0.203. The number of nitrogens with zero attached hydrogens (tertiary/aromatic N) is 1. The van der Waals surface area contributed by atoms with E-state index in [-0.39, 0.29) is 42.1 Å². The van der Waals surface area contributed by atoms with Gasteiger partial charge in [0.05, 0.1) is 16.6 Å². The van der Waals surface area contributed by atoms with E-state index >= 15 is 0 Å². The van der Waals surface area contributed by atoms with Crippen molar-refractivity contribution < 1.29 is 41.9 Å². The summed E-state index contributed by atoms with van der Waals surface area (Å²) in [6.07, 6.45) is -2.67. The van der Waals surface area contributed by atoms with Gasteiger partial charge in [-0.3, -0.25) is 24.0 Å². The smallest absolute Gasteiger partial charge is 0.416 e. The van der Waals surface area contributed by atoms with E-state index in [1.54, 1.807) is 18.2 Å². The number of alkyl halides is 3. The molecule has 0 bridgehead atoms. The van der Waals surface area contributed by atoms with Crippen molar-refractivity contribution in [1.82, 2.24) is 20.9 Å². The standard InChI is InChI=1S/C30H30ClF3N4O6/c31-21-13-19(30(32,33)34)5-8-24(21)44-15-25(39)38-14-18-4-2-1-3-16(18)12-23(38)28(42)37-22(11-17-9-10-35-27(17)41)26(40)29(43)36-20-6-7-20/h1-5,8,13,17,20,22-23H,6-7,9-12,14-15H2,(H,35,41)(H,36,43)(H,37,42)/t17-,22-,23-/m0/s1. The van der Waals surface area contributed by atoms with Crippen LogP contribution < -0.4 is 20.7 Å². The zero-order valence-corrected chi connectivity index (χ0v) is 24.2. The van der Waals surface area contributed by atoms with Crippen molar-refractivity contribution in [3.63, 3.8) is 0 Å². The van der Waals surface area contributed by atoms with Gasteiger partial charge in [0.25, 0.3) is 11.8 Å². The third-order valence-corrected chi connectivity index (χ3v) is 8.23. The van der Waals surface area contributed by atoms with Crippen molar-refractivity contribution in [2.75, 3.05) is 13.2 Å². The summed E-state index contributed by atoms with van der Waals surface area (Å²) in [5, 5.41) is 7.59. The summed E-state index contributed by atoms with van der Waals surface area (Å²) < 4.78 is 44.5. The molecule has 0 radical (unpaired) electrons. The van der Waals surface area contributed by atoms with Gasteiger partial charge >= 0.3 is 6.18 Å². The van der Waals surface area contributed by atoms with E-state index in [2.05, 4.69) is 16.0 Å². The molecule has 3 N–H and O–H groups in total. The summed E-state index contributed by atoms with van der Waals surface area (Å²) in [7, 11) is 0. The van der Waals surface area contributed by atoms with Gasteiger partial charge in [0.1, 0.15) is 11.8 Å². The minimum atomic E-state index is -4.61. The van der Waals surface area contributed by atoms with Crippen LogP contribution in [-0.4, -0.2) is 65.6 Å². The van der Waals surface area contributed by atoms with Crippen LogP contribution in [0.1, 0.15) is 42.4 Å². The molecule has 2 aliphatic heterocycles. The zero-order chi connectivity index (χ0) is 31.6. The Morgan fingerprint density at radius 3 is 2.43 bits per heavy atom. The molecule has 1 aliphatic carbocycles. The second kappa shape index (κ2) is 12.8. The largest absolute Gasteiger partial charge is 0.482 e. The molecular formula is C30H30ClF3N4O6. The average molecular weight is 635 g/mol. The van der Waals surface area contributed by atoms with E-state index in [9.17, 15) is 37.1 Å². The Balaban J connectivity index is 1.33. The van der Waals surface area contributed by atoms with E-state index < -0.39 is 59.9 Å². The number of ether oxygens (including phenoxy) is 1. The molecule has 1 saturated heterocycles. The summed E-state index contributed by atoms with van der Waals surface area (Å²) in [5.74, 6) is -4.07. The Labute approximate surface area is 255 Å². The molecule has 2 aromatic rings. The number of hydrogen-bond donors (Lipinski definition) is 3. The van der Waals surface area contributed by atoms with Gasteiger partial charge in [-0.05, 0) is 55.0 Å². The monoisotopic (exact) mass is 634 g/mol. The molecule has 2 aromatic carbocycles. The third-order valence-electron chi connectivity index (χ3n) is 7.93. The highest BCUT2D eigenvalue weighted by atomic mass is 35.5. The maximum atomic E-state index is 13.8. The number of hydrogen-bond acceptors (Lipinski definition) is 6. The molecule has 234 valence electrons. The number of benzene rings is 2. The zero-order valence-electron chi connectivity index (χ0n) is 23.4. The number of Topliss-reactive ketones (excluding diaryl/α,β-unsaturated/α-hetero) is 1. The molecule has 3 atom stereocenters. The Morgan fingerprint density at radius 1 is 1.07 bits per heavy atom. The first kappa shape index (κ1) is 31.3. The van der Waals surface area contributed by atoms with Gasteiger partial charge < -0.3 is 25.6 Å². The minimum Gasteiger partial charge on any atom is -0.482 e. The van der Waals surface area contributed by atoms with Crippen LogP contribution in [0.15, 0.2) is 42.5 Å². The van der Waals surface area contributed by atoms with Crippen molar-refractivity contribution in [1.29, 1.82) is 0 Å². The lowest BCUT2D eigenvalue weighted by molar-refractivity contribution is -0.145. The number of carbonyl (C=O) groups excluding carboxylic acids is 5. The summed E-state index contributed by atoms with van der Waals surface area (Å²) >= 11 is 5.97. The second-order valence-electron chi connectivity index (χ2n) is 11.1. The second-order valence-corrected chi connectivity index (χ2v) is 11.5. The summed E-state index contributed by atoms with van der Waals surface area (Å²) in [4.78, 5) is 66.5. The van der Waals surface area contributed by atoms with E-state index in [1.165, 1.54) is 4.90 Å². The molecule has 44 heavy (non-hydrogen) atoms. The average Bonchev–Trinajstić information content (AvgIpc) is 3.72. The highest BCUT2D eigenvalue weighted by Crippen LogP contribution is 2.35. The van der Waals surface area contributed by atoms with Crippen molar-refractivity contribution in [3.8, 4) is 5.75 Å². The molecule has 5 rings (SSSR count). The fourth-order valence-corrected chi connectivity index (χ4v) is 5.57. The lowest BCUT2D eigenvalue weighted by atomic mass is 9.92. The van der Waals surface area contributed by atoms with Crippen LogP contribution >= 0.6 is 11.6 Å². The fourth-order valence-electron chi connectivity index (χ4n) is 5.33. The molecule has 0 unspecified atom stereocenters. The maximum Gasteiger partial charge on any atom is 0.416 e. The molecule has 10 nitrogen and oxygen atoms in total. The van der Waals surface area contributed by atoms with Gasteiger partial charge in [-0.15, -0.1) is 0 Å². The van der Waals surface area contributed by atoms with Gasteiger partial charge in [0, 0.05) is 31.5 Å². The number of halogens is 4. The first-order valence-corrected chi connectivity index (χ1v) is 14.6. The number of nitrogens with one attached hydrogen (secondary N) is 3. The lowest BCUT2D eigenvalue weighted by Crippen LogP contribution is -2.57. The number of ketones is 1. The van der Waals surface area contributed by atoms with Gasteiger partial charge in [0.15, 0.2) is 6.61 Å². The van der Waals surface area contributed by atoms with Gasteiger partial charge in [0.2, 0.25) is 17.6 Å². The molecule has 4 amide bonds. The predicted octanol–water partition coefficient (Wildman–Crippen LogP) is 2.55. The fraction of sp³-hybridized carbons (Fsp3) is 0.433. The van der Waals surface area contributed by atoms with Gasteiger partial charge in [-0.2, -0.15) is 13.2 Å². The molecule has 3 aliphatic rings. The van der Waals surface area contributed by atoms with Gasteiger partial charge in [-0.25, -0.2) is 0 Å². The molecular weight excluding hydrogens is 605 g/mol. The number of fused-ring (bicyclic) bond motifs is 1. The van der Waals surface area contributed by atoms with Crippen LogP contribution in [0.3, 0.4) is 0 Å². The van der Waals surface area contributed by atoms with E-state index in [1.807, 2.05) is 6.07 Å². The van der Waals surface area contributed by atoms with Crippen molar-refractivity contribution >= 4 is 41.0 Å². The molecule has 0 aromatic heterocycles. The third kappa shape index (κ3) is 7.32. The molecule has 2 fully saturated rings. The van der Waals surface area contributed by atoms with Crippen molar-refractivity contribution in [3.05, 3.63) is 64.2 Å². The Hall–Kier alpha value is -4.13. The number of amides is 4. The van der Waals surface area contributed by atoms with Crippen LogP contribution in [0, 0.1) is 5.92 Å². The Morgan fingerprint density at radius 2 is 1.80 bits per heavy atom. The van der Waals surface area contributed by atoms with E-state index in [4.69, 9.17) is 16.3 Å². The van der Waals surface area contributed by atoms with E-state index in [0.717, 1.165) is 36.1 Å². The summed E-state index contributed by atoms with van der Waals surface area (Å²) in [5.41, 5.74) is 0.597. The Kier molecular flexibility index (Phi) is 9.14.